The molecule has 0 bridgehead atoms. The largest absolute Gasteiger partial charge is 0.444 e. The van der Waals surface area contributed by atoms with Crippen molar-refractivity contribution in [3.05, 3.63) is 38.8 Å². The summed E-state index contributed by atoms with van der Waals surface area (Å²) in [5.41, 5.74) is 1.52. The van der Waals surface area contributed by atoms with Gasteiger partial charge in [0.1, 0.15) is 5.60 Å². The van der Waals surface area contributed by atoms with Crippen molar-refractivity contribution in [2.24, 2.45) is 0 Å². The average molecular weight is 382 g/mol. The lowest BCUT2D eigenvalue weighted by atomic mass is 10.1. The quantitative estimate of drug-likeness (QED) is 0.812. The van der Waals surface area contributed by atoms with Gasteiger partial charge in [-0.2, -0.15) is 5.10 Å². The Labute approximate surface area is 157 Å². The number of carbonyl (C=O) groups is 1. The number of H-pyrrole nitrogens is 1. The predicted molar refractivity (Wildman–Crippen MR) is 100 cm³/mol. The van der Waals surface area contributed by atoms with E-state index in [1.54, 1.807) is 16.2 Å². The van der Waals surface area contributed by atoms with Crippen LogP contribution >= 0.6 is 22.9 Å². The topological polar surface area (TPSA) is 58.2 Å². The summed E-state index contributed by atoms with van der Waals surface area (Å²) in [6.45, 7) is 6.38. The molecule has 1 N–H and O–H groups in total. The molecule has 2 aromatic heterocycles. The first kappa shape index (κ1) is 18.3. The lowest BCUT2D eigenvalue weighted by Gasteiger charge is -2.27. The number of hydrogen-bond acceptors (Lipinski definition) is 4. The van der Waals surface area contributed by atoms with Crippen LogP contribution in [0.25, 0.3) is 0 Å². The van der Waals surface area contributed by atoms with Crippen molar-refractivity contribution in [2.75, 3.05) is 6.54 Å². The second kappa shape index (κ2) is 7.38. The van der Waals surface area contributed by atoms with Crippen molar-refractivity contribution in [1.82, 2.24) is 15.1 Å². The molecule has 0 radical (unpaired) electrons. The summed E-state index contributed by atoms with van der Waals surface area (Å²) < 4.78 is 6.34. The van der Waals surface area contributed by atoms with Crippen LogP contribution in [0.2, 0.25) is 4.34 Å². The fraction of sp³-hybridized carbons (Fsp3) is 0.556. The molecule has 136 valence electrons. The molecule has 1 aliphatic rings. The number of aromatic amines is 1. The molecular formula is C18H24ClN3O2S. The van der Waals surface area contributed by atoms with E-state index in [0.29, 0.717) is 0 Å². The Morgan fingerprint density at radius 3 is 2.92 bits per heavy atom. The molecule has 0 aromatic carbocycles. The number of amides is 1. The molecule has 1 fully saturated rings. The van der Waals surface area contributed by atoms with Gasteiger partial charge in [-0.15, -0.1) is 11.3 Å². The van der Waals surface area contributed by atoms with Gasteiger partial charge in [-0.3, -0.25) is 10.00 Å². The maximum Gasteiger partial charge on any atom is 0.410 e. The molecule has 5 nitrogen and oxygen atoms in total. The summed E-state index contributed by atoms with van der Waals surface area (Å²) in [6.07, 6.45) is 3.44. The smallest absolute Gasteiger partial charge is 0.410 e. The second-order valence-electron chi connectivity index (χ2n) is 7.36. The summed E-state index contributed by atoms with van der Waals surface area (Å²) in [5, 5.41) is 7.56. The Morgan fingerprint density at radius 2 is 2.24 bits per heavy atom. The third-order valence-electron chi connectivity index (χ3n) is 4.14. The summed E-state index contributed by atoms with van der Waals surface area (Å²) in [7, 11) is 0. The van der Waals surface area contributed by atoms with Crippen LogP contribution in [0.15, 0.2) is 18.2 Å². The Hall–Kier alpha value is -1.53. The molecule has 2 aromatic rings. The van der Waals surface area contributed by atoms with Crippen LogP contribution in [-0.4, -0.2) is 33.3 Å². The highest BCUT2D eigenvalue weighted by atomic mass is 35.5. The fourth-order valence-corrected chi connectivity index (χ4v) is 4.12. The minimum Gasteiger partial charge on any atom is -0.444 e. The van der Waals surface area contributed by atoms with E-state index >= 15 is 0 Å². The number of ether oxygens (including phenoxy) is 1. The lowest BCUT2D eigenvalue weighted by molar-refractivity contribution is 0.0221. The van der Waals surface area contributed by atoms with Crippen molar-refractivity contribution in [2.45, 2.75) is 58.1 Å². The standard InChI is InChI=1S/C18H24ClN3O2S/c1-18(2,3)24-17(23)22-10-4-5-15(22)14-11-12(20-21-14)6-7-13-8-9-16(19)25-13/h8-9,11,15H,4-7,10H2,1-3H3,(H,20,21). The minimum atomic E-state index is -0.483. The zero-order chi connectivity index (χ0) is 18.0. The van der Waals surface area contributed by atoms with Crippen LogP contribution in [0.4, 0.5) is 4.79 Å². The van der Waals surface area contributed by atoms with E-state index in [0.717, 1.165) is 48.0 Å². The van der Waals surface area contributed by atoms with Gasteiger partial charge < -0.3 is 4.74 Å². The highest BCUT2D eigenvalue weighted by Gasteiger charge is 2.34. The van der Waals surface area contributed by atoms with Crippen LogP contribution in [0.1, 0.15) is 55.9 Å². The number of likely N-dealkylation sites (tertiary alicyclic amines) is 1. The van der Waals surface area contributed by atoms with E-state index in [9.17, 15) is 4.79 Å². The number of halogens is 1. The van der Waals surface area contributed by atoms with Crippen LogP contribution in [-0.2, 0) is 17.6 Å². The van der Waals surface area contributed by atoms with E-state index < -0.39 is 5.60 Å². The van der Waals surface area contributed by atoms with Crippen molar-refractivity contribution < 1.29 is 9.53 Å². The van der Waals surface area contributed by atoms with Crippen molar-refractivity contribution in [1.29, 1.82) is 0 Å². The number of thiophene rings is 1. The van der Waals surface area contributed by atoms with E-state index in [2.05, 4.69) is 22.3 Å². The first-order valence-electron chi connectivity index (χ1n) is 8.60. The third-order valence-corrected chi connectivity index (χ3v) is 5.43. The van der Waals surface area contributed by atoms with Gasteiger partial charge in [-0.05, 0) is 64.7 Å². The molecule has 3 rings (SSSR count). The Morgan fingerprint density at radius 1 is 1.44 bits per heavy atom. The van der Waals surface area contributed by atoms with Gasteiger partial charge in [0, 0.05) is 17.1 Å². The molecule has 1 aliphatic heterocycles. The van der Waals surface area contributed by atoms with Crippen LogP contribution in [0.5, 0.6) is 0 Å². The maximum absolute atomic E-state index is 12.4. The first-order chi connectivity index (χ1) is 11.8. The Bertz CT molecular complexity index is 735. The zero-order valence-corrected chi connectivity index (χ0v) is 16.4. The number of carbonyl (C=O) groups excluding carboxylic acids is 1. The van der Waals surface area contributed by atoms with E-state index in [4.69, 9.17) is 16.3 Å². The number of nitrogens with one attached hydrogen (secondary N) is 1. The van der Waals surface area contributed by atoms with Crippen LogP contribution < -0.4 is 0 Å². The van der Waals surface area contributed by atoms with Crippen LogP contribution in [0, 0.1) is 0 Å². The number of aromatic nitrogens is 2. The van der Waals surface area contributed by atoms with Gasteiger partial charge in [-0.1, -0.05) is 11.6 Å². The second-order valence-corrected chi connectivity index (χ2v) is 9.16. The fourth-order valence-electron chi connectivity index (χ4n) is 3.04. The minimum absolute atomic E-state index is 0.00367. The van der Waals surface area contributed by atoms with Crippen molar-refractivity contribution in [3.8, 4) is 0 Å². The monoisotopic (exact) mass is 381 g/mol. The summed E-state index contributed by atoms with van der Waals surface area (Å²) >= 11 is 7.58. The highest BCUT2D eigenvalue weighted by Crippen LogP contribution is 2.32. The number of hydrogen-bond donors (Lipinski definition) is 1. The molecular weight excluding hydrogens is 358 g/mol. The predicted octanol–water partition coefficient (Wildman–Crippen LogP) is 4.98. The van der Waals surface area contributed by atoms with Crippen molar-refractivity contribution in [3.63, 3.8) is 0 Å². The molecule has 7 heteroatoms. The van der Waals surface area contributed by atoms with Gasteiger partial charge in [0.05, 0.1) is 16.1 Å². The van der Waals surface area contributed by atoms with Gasteiger partial charge in [-0.25, -0.2) is 4.79 Å². The first-order valence-corrected chi connectivity index (χ1v) is 9.79. The lowest BCUT2D eigenvalue weighted by Crippen LogP contribution is -2.36. The van der Waals surface area contributed by atoms with Gasteiger partial charge >= 0.3 is 6.09 Å². The van der Waals surface area contributed by atoms with Gasteiger partial charge in [0.2, 0.25) is 0 Å². The van der Waals surface area contributed by atoms with Crippen LogP contribution in [0.3, 0.4) is 0 Å². The molecule has 0 saturated carbocycles. The number of aryl methyl sites for hydroxylation is 2. The molecule has 0 aliphatic carbocycles. The average Bonchev–Trinajstić information content (AvgIpc) is 3.23. The maximum atomic E-state index is 12.4. The van der Waals surface area contributed by atoms with E-state index in [1.807, 2.05) is 26.8 Å². The van der Waals surface area contributed by atoms with Gasteiger partial charge in [0.15, 0.2) is 0 Å². The van der Waals surface area contributed by atoms with E-state index in [-0.39, 0.29) is 12.1 Å². The molecule has 1 unspecified atom stereocenters. The van der Waals surface area contributed by atoms with E-state index in [1.165, 1.54) is 4.88 Å². The molecule has 1 saturated heterocycles. The zero-order valence-electron chi connectivity index (χ0n) is 14.8. The summed E-state index contributed by atoms with van der Waals surface area (Å²) in [4.78, 5) is 15.5. The number of nitrogens with zero attached hydrogens (tertiary/aromatic N) is 2. The third kappa shape index (κ3) is 4.76. The molecule has 1 atom stereocenters. The molecule has 3 heterocycles. The Balaban J connectivity index is 1.63. The molecule has 0 spiro atoms. The molecule has 1 amide bonds. The normalized spacial score (nSPS) is 17.9. The number of rotatable bonds is 4. The van der Waals surface area contributed by atoms with Gasteiger partial charge in [0.25, 0.3) is 0 Å². The highest BCUT2D eigenvalue weighted by molar-refractivity contribution is 7.16. The Kier molecular flexibility index (Phi) is 5.39. The SMILES string of the molecule is CC(C)(C)OC(=O)N1CCCC1c1cc(CCc2ccc(Cl)s2)[nH]n1. The summed E-state index contributed by atoms with van der Waals surface area (Å²) in [6, 6.07) is 6.06. The molecule has 25 heavy (non-hydrogen) atoms. The van der Waals surface area contributed by atoms with Crippen molar-refractivity contribution >= 4 is 29.0 Å². The summed E-state index contributed by atoms with van der Waals surface area (Å²) in [5.74, 6) is 0.